The smallest absolute Gasteiger partial charge is 0.369 e. The predicted octanol–water partition coefficient (Wildman–Crippen LogP) is 5.50. The molecule has 1 N–H and O–H groups in total. The molecule has 0 radical (unpaired) electrons. The van der Waals surface area contributed by atoms with Gasteiger partial charge in [0.1, 0.15) is 0 Å². The van der Waals surface area contributed by atoms with Gasteiger partial charge in [-0.25, -0.2) is 0 Å². The molecule has 192 valence electrons. The number of halogens is 6. The molecule has 1 amide bonds. The summed E-state index contributed by atoms with van der Waals surface area (Å²) in [6.45, 7) is 5.57. The van der Waals surface area contributed by atoms with E-state index >= 15 is 0 Å². The second kappa shape index (κ2) is 10.6. The van der Waals surface area contributed by atoms with Crippen LogP contribution >= 0.6 is 0 Å². The molecule has 0 unspecified atom stereocenters. The Bertz CT molecular complexity index is 965. The summed E-state index contributed by atoms with van der Waals surface area (Å²) >= 11 is 0. The van der Waals surface area contributed by atoms with Crippen molar-refractivity contribution in [1.29, 1.82) is 0 Å². The van der Waals surface area contributed by atoms with Crippen molar-refractivity contribution in [2.75, 3.05) is 26.2 Å². The third kappa shape index (κ3) is 5.98. The van der Waals surface area contributed by atoms with E-state index in [1.165, 1.54) is 0 Å². The first-order valence-electron chi connectivity index (χ1n) is 11.4. The Morgan fingerprint density at radius 3 is 1.77 bits per heavy atom. The van der Waals surface area contributed by atoms with Gasteiger partial charge < -0.3 is 10.0 Å². The minimum Gasteiger partial charge on any atom is -0.369 e. The quantitative estimate of drug-likeness (QED) is 0.509. The van der Waals surface area contributed by atoms with Gasteiger partial charge in [0, 0.05) is 44.7 Å². The molecule has 2 aromatic rings. The highest BCUT2D eigenvalue weighted by Crippen LogP contribution is 2.50. The molecule has 1 aliphatic rings. The molecule has 0 spiro atoms. The molecule has 0 saturated carbocycles. The second-order valence-electron chi connectivity index (χ2n) is 8.74. The van der Waals surface area contributed by atoms with Crippen LogP contribution in [0.25, 0.3) is 11.1 Å². The van der Waals surface area contributed by atoms with E-state index in [4.69, 9.17) is 0 Å². The van der Waals surface area contributed by atoms with E-state index in [1.54, 1.807) is 12.1 Å². The van der Waals surface area contributed by atoms with Crippen LogP contribution in [0, 0.1) is 0 Å². The second-order valence-corrected chi connectivity index (χ2v) is 8.74. The van der Waals surface area contributed by atoms with Gasteiger partial charge in [-0.2, -0.15) is 26.3 Å². The van der Waals surface area contributed by atoms with Gasteiger partial charge >= 0.3 is 12.4 Å². The molecule has 0 atom stereocenters. The van der Waals surface area contributed by atoms with E-state index in [0.717, 1.165) is 43.6 Å². The molecule has 1 aliphatic heterocycles. The van der Waals surface area contributed by atoms with Gasteiger partial charge in [-0.3, -0.25) is 9.69 Å². The van der Waals surface area contributed by atoms with Gasteiger partial charge in [0.15, 0.2) is 0 Å². The zero-order valence-corrected chi connectivity index (χ0v) is 19.3. The number of hydrogen-bond acceptors (Lipinski definition) is 3. The monoisotopic (exact) mass is 502 g/mol. The molecule has 4 nitrogen and oxygen atoms in total. The first kappa shape index (κ1) is 27.0. The first-order valence-corrected chi connectivity index (χ1v) is 11.4. The number of unbranched alkanes of at least 4 members (excludes halogenated alkanes) is 1. The molecule has 2 aromatic carbocycles. The Hall–Kier alpha value is -2.59. The van der Waals surface area contributed by atoms with Gasteiger partial charge in [0.2, 0.25) is 5.91 Å². The van der Waals surface area contributed by atoms with E-state index in [0.29, 0.717) is 49.3 Å². The van der Waals surface area contributed by atoms with E-state index < -0.39 is 23.5 Å². The normalized spacial score (nSPS) is 15.9. The van der Waals surface area contributed by atoms with Crippen LogP contribution in [0.15, 0.2) is 48.5 Å². The van der Waals surface area contributed by atoms with Crippen molar-refractivity contribution in [3.8, 4) is 11.1 Å². The Labute approximate surface area is 200 Å². The molecule has 10 heteroatoms. The largest absolute Gasteiger partial charge is 0.430 e. The average molecular weight is 502 g/mol. The number of carbonyl (C=O) groups is 1. The van der Waals surface area contributed by atoms with Gasteiger partial charge in [-0.05, 0) is 23.1 Å². The maximum Gasteiger partial charge on any atom is 0.430 e. The van der Waals surface area contributed by atoms with E-state index in [-0.39, 0.29) is 5.91 Å². The summed E-state index contributed by atoms with van der Waals surface area (Å²) in [5, 5.41) is 9.52. The van der Waals surface area contributed by atoms with Crippen LogP contribution in [-0.2, 0) is 16.9 Å². The van der Waals surface area contributed by atoms with Crippen LogP contribution in [0.4, 0.5) is 26.3 Å². The third-order valence-corrected chi connectivity index (χ3v) is 6.29. The highest BCUT2D eigenvalue weighted by Gasteiger charge is 2.71. The van der Waals surface area contributed by atoms with Crippen LogP contribution in [-0.4, -0.2) is 59.3 Å². The van der Waals surface area contributed by atoms with Crippen LogP contribution in [0.2, 0.25) is 0 Å². The molecule has 1 saturated heterocycles. The first-order chi connectivity index (χ1) is 16.4. The fourth-order valence-corrected chi connectivity index (χ4v) is 4.09. The van der Waals surface area contributed by atoms with Crippen molar-refractivity contribution >= 4 is 5.91 Å². The van der Waals surface area contributed by atoms with Crippen molar-refractivity contribution in [2.45, 2.75) is 50.7 Å². The van der Waals surface area contributed by atoms with Gasteiger partial charge in [-0.15, -0.1) is 0 Å². The van der Waals surface area contributed by atoms with Crippen LogP contribution in [0.1, 0.15) is 37.3 Å². The number of benzene rings is 2. The summed E-state index contributed by atoms with van der Waals surface area (Å²) in [7, 11) is 0. The number of piperazine rings is 1. The molecule has 1 heterocycles. The van der Waals surface area contributed by atoms with Crippen molar-refractivity contribution < 1.29 is 36.2 Å². The fourth-order valence-electron chi connectivity index (χ4n) is 4.09. The average Bonchev–Trinajstić information content (AvgIpc) is 2.81. The lowest BCUT2D eigenvalue weighted by Crippen LogP contribution is -2.53. The summed E-state index contributed by atoms with van der Waals surface area (Å²) in [5.41, 5.74) is -4.18. The number of carbonyl (C=O) groups excluding carboxylic acids is 1. The Kier molecular flexibility index (Phi) is 8.16. The molecular weight excluding hydrogens is 474 g/mol. The van der Waals surface area contributed by atoms with Gasteiger partial charge in [0.05, 0.1) is 0 Å². The highest BCUT2D eigenvalue weighted by molar-refractivity contribution is 5.76. The van der Waals surface area contributed by atoms with Crippen molar-refractivity contribution in [3.05, 3.63) is 59.7 Å². The van der Waals surface area contributed by atoms with Gasteiger partial charge in [0.25, 0.3) is 5.60 Å². The molecule has 3 rings (SSSR count). The predicted molar refractivity (Wildman–Crippen MR) is 119 cm³/mol. The van der Waals surface area contributed by atoms with Crippen LogP contribution in [0.5, 0.6) is 0 Å². The minimum absolute atomic E-state index is 0.186. The summed E-state index contributed by atoms with van der Waals surface area (Å²) in [5.74, 6) is 0.186. The Morgan fingerprint density at radius 2 is 1.31 bits per heavy atom. The minimum atomic E-state index is -5.91. The number of hydrogen-bond donors (Lipinski definition) is 1. The van der Waals surface area contributed by atoms with Crippen LogP contribution in [0.3, 0.4) is 0 Å². The summed E-state index contributed by atoms with van der Waals surface area (Å²) in [4.78, 5) is 16.3. The van der Waals surface area contributed by atoms with Crippen LogP contribution < -0.4 is 0 Å². The van der Waals surface area contributed by atoms with E-state index in [9.17, 15) is 36.2 Å². The lowest BCUT2D eigenvalue weighted by Gasteiger charge is -2.34. The summed E-state index contributed by atoms with van der Waals surface area (Å²) in [6.07, 6.45) is -9.38. The Morgan fingerprint density at radius 1 is 0.829 bits per heavy atom. The maximum absolute atomic E-state index is 13.1. The molecule has 0 bridgehead atoms. The number of aliphatic hydroxyl groups is 1. The zero-order chi connectivity index (χ0) is 25.9. The Balaban J connectivity index is 1.63. The molecular formula is C25H28F6N2O2. The maximum atomic E-state index is 13.1. The SMILES string of the molecule is CCCCC(=O)N1CCN(Cc2ccc(-c3ccc(C(O)(C(F)(F)F)C(F)(F)F)cc3)cc2)CC1. The number of rotatable bonds is 7. The number of alkyl halides is 6. The molecule has 35 heavy (non-hydrogen) atoms. The lowest BCUT2D eigenvalue weighted by atomic mass is 9.90. The third-order valence-electron chi connectivity index (χ3n) is 6.29. The van der Waals surface area contributed by atoms with Crippen molar-refractivity contribution in [3.63, 3.8) is 0 Å². The number of amides is 1. The van der Waals surface area contributed by atoms with Crippen molar-refractivity contribution in [2.24, 2.45) is 0 Å². The molecule has 0 aliphatic carbocycles. The molecule has 1 fully saturated rings. The standard InChI is InChI=1S/C25H28F6N2O2/c1-2-3-4-22(34)33-15-13-32(14-16-33)17-18-5-7-19(8-6-18)20-9-11-21(12-10-20)23(35,24(26,27)28)25(29,30)31/h5-12,35H,2-4,13-17H2,1H3. The lowest BCUT2D eigenvalue weighted by molar-refractivity contribution is -0.376. The van der Waals surface area contributed by atoms with Gasteiger partial charge in [-0.1, -0.05) is 61.9 Å². The van der Waals surface area contributed by atoms with Crippen molar-refractivity contribution in [1.82, 2.24) is 9.80 Å². The summed E-state index contributed by atoms with van der Waals surface area (Å²) in [6, 6.07) is 10.7. The molecule has 0 aromatic heterocycles. The zero-order valence-electron chi connectivity index (χ0n) is 19.3. The highest BCUT2D eigenvalue weighted by atomic mass is 19.4. The fraction of sp³-hybridized carbons (Fsp3) is 0.480. The van der Waals surface area contributed by atoms with E-state index in [1.807, 2.05) is 24.0 Å². The topological polar surface area (TPSA) is 43.8 Å². The summed E-state index contributed by atoms with van der Waals surface area (Å²) < 4.78 is 78.4. The van der Waals surface area contributed by atoms with E-state index in [2.05, 4.69) is 4.90 Å². The number of nitrogens with zero attached hydrogens (tertiary/aromatic N) is 2.